The third kappa shape index (κ3) is 5.44. The van der Waals surface area contributed by atoms with Gasteiger partial charge in [-0.2, -0.15) is 0 Å². The lowest BCUT2D eigenvalue weighted by atomic mass is 9.79. The lowest BCUT2D eigenvalue weighted by Gasteiger charge is -2.30. The molecule has 0 saturated carbocycles. The van der Waals surface area contributed by atoms with E-state index in [2.05, 4.69) is 56.4 Å². The molecule has 1 N–H and O–H groups in total. The van der Waals surface area contributed by atoms with Crippen molar-refractivity contribution in [3.05, 3.63) is 35.9 Å². The summed E-state index contributed by atoms with van der Waals surface area (Å²) in [6.45, 7) is 9.00. The zero-order valence-electron chi connectivity index (χ0n) is 13.9. The lowest BCUT2D eigenvalue weighted by Crippen LogP contribution is -2.35. The van der Waals surface area contributed by atoms with E-state index in [0.29, 0.717) is 12.1 Å². The van der Waals surface area contributed by atoms with Crippen molar-refractivity contribution >= 4 is 0 Å². The quantitative estimate of drug-likeness (QED) is 0.808. The van der Waals surface area contributed by atoms with Crippen LogP contribution in [0, 0.1) is 0 Å². The van der Waals surface area contributed by atoms with Crippen LogP contribution < -0.4 is 5.32 Å². The normalized spacial score (nSPS) is 21.2. The largest absolute Gasteiger partial charge is 0.378 e. The number of hydrogen-bond acceptors (Lipinski definition) is 2. The van der Waals surface area contributed by atoms with Gasteiger partial charge in [0.2, 0.25) is 0 Å². The van der Waals surface area contributed by atoms with E-state index < -0.39 is 0 Å². The first kappa shape index (κ1) is 16.5. The SMILES string of the molecule is CC(CC(C)(C)c1ccccc1)NCCC1CCCCO1. The molecular weight excluding hydrogens is 258 g/mol. The van der Waals surface area contributed by atoms with E-state index in [9.17, 15) is 0 Å². The molecule has 1 fully saturated rings. The van der Waals surface area contributed by atoms with Crippen LogP contribution in [0.1, 0.15) is 58.4 Å². The summed E-state index contributed by atoms with van der Waals surface area (Å²) in [7, 11) is 0. The van der Waals surface area contributed by atoms with Crippen LogP contribution in [0.15, 0.2) is 30.3 Å². The highest BCUT2D eigenvalue weighted by Crippen LogP contribution is 2.28. The van der Waals surface area contributed by atoms with Crippen molar-refractivity contribution in [1.29, 1.82) is 0 Å². The summed E-state index contributed by atoms with van der Waals surface area (Å²) in [5.74, 6) is 0. The van der Waals surface area contributed by atoms with Gasteiger partial charge in [0.25, 0.3) is 0 Å². The second-order valence-electron chi connectivity index (χ2n) is 7.09. The number of nitrogens with one attached hydrogen (secondary N) is 1. The Labute approximate surface area is 130 Å². The van der Waals surface area contributed by atoms with Crippen LogP contribution in [0.2, 0.25) is 0 Å². The van der Waals surface area contributed by atoms with Crippen LogP contribution in [0.25, 0.3) is 0 Å². The third-order valence-corrected chi connectivity index (χ3v) is 4.60. The minimum Gasteiger partial charge on any atom is -0.378 e. The predicted molar refractivity (Wildman–Crippen MR) is 89.8 cm³/mol. The summed E-state index contributed by atoms with van der Waals surface area (Å²) >= 11 is 0. The van der Waals surface area contributed by atoms with E-state index >= 15 is 0 Å². The van der Waals surface area contributed by atoms with E-state index in [4.69, 9.17) is 4.74 Å². The fourth-order valence-corrected chi connectivity index (χ4v) is 3.37. The van der Waals surface area contributed by atoms with Crippen molar-refractivity contribution in [3.63, 3.8) is 0 Å². The van der Waals surface area contributed by atoms with Crippen molar-refractivity contribution in [1.82, 2.24) is 5.32 Å². The van der Waals surface area contributed by atoms with Crippen molar-refractivity contribution < 1.29 is 4.74 Å². The van der Waals surface area contributed by atoms with Crippen molar-refractivity contribution in [2.45, 2.75) is 70.4 Å². The molecule has 1 aromatic carbocycles. The molecule has 0 amide bonds. The first-order chi connectivity index (χ1) is 10.1. The maximum absolute atomic E-state index is 5.79. The van der Waals surface area contributed by atoms with Gasteiger partial charge in [-0.05, 0) is 56.6 Å². The van der Waals surface area contributed by atoms with E-state index in [1.54, 1.807) is 0 Å². The average molecular weight is 289 g/mol. The molecule has 0 aliphatic carbocycles. The number of rotatable bonds is 7. The van der Waals surface area contributed by atoms with Gasteiger partial charge in [-0.25, -0.2) is 0 Å². The van der Waals surface area contributed by atoms with Gasteiger partial charge >= 0.3 is 0 Å². The standard InChI is InChI=1S/C19H31NO/c1-16(20-13-12-18-11-7-8-14-21-18)15-19(2,3)17-9-5-4-6-10-17/h4-6,9-10,16,18,20H,7-8,11-15H2,1-3H3. The first-order valence-electron chi connectivity index (χ1n) is 8.48. The summed E-state index contributed by atoms with van der Waals surface area (Å²) in [6.07, 6.45) is 6.61. The van der Waals surface area contributed by atoms with E-state index in [0.717, 1.165) is 26.0 Å². The number of benzene rings is 1. The first-order valence-corrected chi connectivity index (χ1v) is 8.48. The average Bonchev–Trinajstić information content (AvgIpc) is 2.49. The van der Waals surface area contributed by atoms with Gasteiger partial charge in [-0.3, -0.25) is 0 Å². The van der Waals surface area contributed by atoms with Crippen molar-refractivity contribution in [2.24, 2.45) is 0 Å². The zero-order valence-corrected chi connectivity index (χ0v) is 13.9. The van der Waals surface area contributed by atoms with Crippen LogP contribution in [0.4, 0.5) is 0 Å². The highest BCUT2D eigenvalue weighted by atomic mass is 16.5. The second-order valence-corrected chi connectivity index (χ2v) is 7.09. The zero-order chi connectivity index (χ0) is 15.1. The minimum absolute atomic E-state index is 0.217. The molecule has 2 atom stereocenters. The molecule has 0 spiro atoms. The molecule has 1 saturated heterocycles. The molecule has 2 unspecified atom stereocenters. The molecule has 2 heteroatoms. The lowest BCUT2D eigenvalue weighted by molar-refractivity contribution is 0.0112. The molecule has 0 aromatic heterocycles. The van der Waals surface area contributed by atoms with Crippen LogP contribution in [0.5, 0.6) is 0 Å². The number of ether oxygens (including phenoxy) is 1. The van der Waals surface area contributed by atoms with Gasteiger partial charge in [0.15, 0.2) is 0 Å². The van der Waals surface area contributed by atoms with Crippen LogP contribution >= 0.6 is 0 Å². The minimum atomic E-state index is 0.217. The molecule has 21 heavy (non-hydrogen) atoms. The fourth-order valence-electron chi connectivity index (χ4n) is 3.37. The Hall–Kier alpha value is -0.860. The van der Waals surface area contributed by atoms with E-state index in [-0.39, 0.29) is 5.41 Å². The Kier molecular flexibility index (Phi) is 6.25. The van der Waals surface area contributed by atoms with Crippen LogP contribution in [0.3, 0.4) is 0 Å². The summed E-state index contributed by atoms with van der Waals surface area (Å²) in [5, 5.41) is 3.68. The maximum atomic E-state index is 5.79. The maximum Gasteiger partial charge on any atom is 0.0587 e. The summed E-state index contributed by atoms with van der Waals surface area (Å²) < 4.78 is 5.79. The molecule has 1 heterocycles. The monoisotopic (exact) mass is 289 g/mol. The molecule has 1 aliphatic rings. The van der Waals surface area contributed by atoms with Crippen LogP contribution in [-0.4, -0.2) is 25.3 Å². The highest BCUT2D eigenvalue weighted by molar-refractivity contribution is 5.23. The Morgan fingerprint density at radius 3 is 2.67 bits per heavy atom. The molecule has 0 radical (unpaired) electrons. The van der Waals surface area contributed by atoms with Gasteiger partial charge in [-0.1, -0.05) is 44.2 Å². The van der Waals surface area contributed by atoms with Gasteiger partial charge in [0.05, 0.1) is 6.10 Å². The molecule has 2 rings (SSSR count). The second kappa shape index (κ2) is 7.95. The summed E-state index contributed by atoms with van der Waals surface area (Å²) in [5.41, 5.74) is 1.64. The third-order valence-electron chi connectivity index (χ3n) is 4.60. The topological polar surface area (TPSA) is 21.3 Å². The van der Waals surface area contributed by atoms with Crippen LogP contribution in [-0.2, 0) is 10.2 Å². The highest BCUT2D eigenvalue weighted by Gasteiger charge is 2.23. The Morgan fingerprint density at radius 2 is 2.00 bits per heavy atom. The summed E-state index contributed by atoms with van der Waals surface area (Å²) in [6, 6.07) is 11.4. The van der Waals surface area contributed by atoms with E-state index in [1.165, 1.54) is 24.8 Å². The summed E-state index contributed by atoms with van der Waals surface area (Å²) in [4.78, 5) is 0. The van der Waals surface area contributed by atoms with Gasteiger partial charge in [0.1, 0.15) is 0 Å². The smallest absolute Gasteiger partial charge is 0.0587 e. The number of hydrogen-bond donors (Lipinski definition) is 1. The predicted octanol–water partition coefficient (Wildman–Crippen LogP) is 4.29. The van der Waals surface area contributed by atoms with Gasteiger partial charge in [0, 0.05) is 12.6 Å². The molecule has 0 bridgehead atoms. The molecule has 118 valence electrons. The van der Waals surface area contributed by atoms with Gasteiger partial charge in [-0.15, -0.1) is 0 Å². The molecular formula is C19H31NO. The van der Waals surface area contributed by atoms with Crippen molar-refractivity contribution in [2.75, 3.05) is 13.2 Å². The molecule has 1 aliphatic heterocycles. The Morgan fingerprint density at radius 1 is 1.24 bits per heavy atom. The Bertz CT molecular complexity index is 395. The Balaban J connectivity index is 1.72. The molecule has 1 aromatic rings. The van der Waals surface area contributed by atoms with Gasteiger partial charge < -0.3 is 10.1 Å². The molecule has 2 nitrogen and oxygen atoms in total. The fraction of sp³-hybridized carbons (Fsp3) is 0.684. The van der Waals surface area contributed by atoms with Crippen molar-refractivity contribution in [3.8, 4) is 0 Å². The van der Waals surface area contributed by atoms with E-state index in [1.807, 2.05) is 0 Å².